The zero-order chi connectivity index (χ0) is 15.4. The van der Waals surface area contributed by atoms with Crippen molar-refractivity contribution in [3.63, 3.8) is 0 Å². The summed E-state index contributed by atoms with van der Waals surface area (Å²) in [6.45, 7) is 1.07. The first-order valence-electron chi connectivity index (χ1n) is 6.94. The summed E-state index contributed by atoms with van der Waals surface area (Å²) in [5.74, 6) is 0.331. The molecule has 1 fully saturated rings. The van der Waals surface area contributed by atoms with E-state index in [2.05, 4.69) is 0 Å². The molecule has 0 spiro atoms. The minimum atomic E-state index is -0.740. The molecule has 0 aliphatic heterocycles. The fraction of sp³-hybridized carbons (Fsp3) is 0.500. The SMILES string of the molecule is NCC1CCCC1COc1ccc([N+](=O)[O-])cc1C(N)=O. The zero-order valence-electron chi connectivity index (χ0n) is 11.7. The molecule has 7 nitrogen and oxygen atoms in total. The lowest BCUT2D eigenvalue weighted by molar-refractivity contribution is -0.384. The molecule has 7 heteroatoms. The first kappa shape index (κ1) is 15.2. The topological polar surface area (TPSA) is 121 Å². The number of nitro benzene ring substituents is 1. The smallest absolute Gasteiger partial charge is 0.270 e. The molecule has 21 heavy (non-hydrogen) atoms. The summed E-state index contributed by atoms with van der Waals surface area (Å²) in [4.78, 5) is 21.6. The van der Waals surface area contributed by atoms with Crippen molar-refractivity contribution >= 4 is 11.6 Å². The Bertz CT molecular complexity index is 547. The highest BCUT2D eigenvalue weighted by Crippen LogP contribution is 2.32. The number of nitrogens with zero attached hydrogens (tertiary/aromatic N) is 1. The van der Waals surface area contributed by atoms with Gasteiger partial charge in [-0.25, -0.2) is 0 Å². The van der Waals surface area contributed by atoms with Crippen LogP contribution in [-0.4, -0.2) is 24.0 Å². The lowest BCUT2D eigenvalue weighted by Gasteiger charge is -2.19. The van der Waals surface area contributed by atoms with Crippen LogP contribution in [0.25, 0.3) is 0 Å². The van der Waals surface area contributed by atoms with Crippen LogP contribution in [-0.2, 0) is 0 Å². The van der Waals surface area contributed by atoms with Gasteiger partial charge in [-0.15, -0.1) is 0 Å². The second-order valence-corrected chi connectivity index (χ2v) is 5.30. The molecule has 2 rings (SSSR count). The normalized spacial score (nSPS) is 21.2. The first-order chi connectivity index (χ1) is 10.0. The van der Waals surface area contributed by atoms with Crippen LogP contribution in [0.4, 0.5) is 5.69 Å². The average molecular weight is 293 g/mol. The molecule has 0 heterocycles. The maximum Gasteiger partial charge on any atom is 0.270 e. The van der Waals surface area contributed by atoms with Crippen molar-refractivity contribution in [3.8, 4) is 5.75 Å². The minimum absolute atomic E-state index is 0.0338. The van der Waals surface area contributed by atoms with E-state index in [1.165, 1.54) is 12.1 Å². The molecule has 0 radical (unpaired) electrons. The molecule has 114 valence electrons. The molecule has 1 saturated carbocycles. The van der Waals surface area contributed by atoms with Crippen LogP contribution in [0, 0.1) is 22.0 Å². The molecule has 1 aromatic carbocycles. The van der Waals surface area contributed by atoms with E-state index >= 15 is 0 Å². The van der Waals surface area contributed by atoms with Crippen molar-refractivity contribution in [3.05, 3.63) is 33.9 Å². The van der Waals surface area contributed by atoms with Crippen LogP contribution in [0.5, 0.6) is 5.75 Å². The molecule has 1 aromatic rings. The van der Waals surface area contributed by atoms with Gasteiger partial charge in [0.1, 0.15) is 5.75 Å². The Balaban J connectivity index is 2.12. The van der Waals surface area contributed by atoms with Gasteiger partial charge in [-0.2, -0.15) is 0 Å². The molecule has 4 N–H and O–H groups in total. The molecule has 0 bridgehead atoms. The van der Waals surface area contributed by atoms with E-state index in [-0.39, 0.29) is 17.0 Å². The number of primary amides is 1. The average Bonchev–Trinajstić information content (AvgIpc) is 2.92. The quantitative estimate of drug-likeness (QED) is 0.607. The lowest BCUT2D eigenvalue weighted by Crippen LogP contribution is -2.24. The van der Waals surface area contributed by atoms with Gasteiger partial charge in [-0.3, -0.25) is 14.9 Å². The molecular formula is C14H19N3O4. The maximum absolute atomic E-state index is 11.4. The van der Waals surface area contributed by atoms with Crippen LogP contribution >= 0.6 is 0 Å². The van der Waals surface area contributed by atoms with Crippen LogP contribution in [0.1, 0.15) is 29.6 Å². The van der Waals surface area contributed by atoms with Crippen LogP contribution in [0.2, 0.25) is 0 Å². The van der Waals surface area contributed by atoms with E-state index < -0.39 is 10.8 Å². The number of ether oxygens (including phenoxy) is 1. The Morgan fingerprint density at radius 3 is 2.71 bits per heavy atom. The van der Waals surface area contributed by atoms with Gasteiger partial charge in [0, 0.05) is 12.1 Å². The Morgan fingerprint density at radius 1 is 1.38 bits per heavy atom. The molecule has 0 aromatic heterocycles. The number of non-ortho nitro benzene ring substituents is 1. The number of nitrogens with two attached hydrogens (primary N) is 2. The number of rotatable bonds is 6. The van der Waals surface area contributed by atoms with Crippen molar-refractivity contribution in [1.29, 1.82) is 0 Å². The third-order valence-electron chi connectivity index (χ3n) is 4.01. The van der Waals surface area contributed by atoms with E-state index in [4.69, 9.17) is 16.2 Å². The van der Waals surface area contributed by atoms with Crippen LogP contribution < -0.4 is 16.2 Å². The third kappa shape index (κ3) is 3.49. The maximum atomic E-state index is 11.4. The highest BCUT2D eigenvalue weighted by molar-refractivity contribution is 5.96. The summed E-state index contributed by atoms with van der Waals surface area (Å²) in [7, 11) is 0. The van der Waals surface area contributed by atoms with Crippen LogP contribution in [0.15, 0.2) is 18.2 Å². The highest BCUT2D eigenvalue weighted by Gasteiger charge is 2.27. The monoisotopic (exact) mass is 293 g/mol. The second-order valence-electron chi connectivity index (χ2n) is 5.30. The molecule has 1 aliphatic carbocycles. The highest BCUT2D eigenvalue weighted by atomic mass is 16.6. The Hall–Kier alpha value is -2.15. The standard InChI is InChI=1S/C14H19N3O4/c15-7-9-2-1-3-10(9)8-21-13-5-4-11(17(19)20)6-12(13)14(16)18/h4-6,9-10H,1-3,7-8,15H2,(H2,16,18). The van der Waals surface area contributed by atoms with E-state index in [1.54, 1.807) is 0 Å². The van der Waals surface area contributed by atoms with Gasteiger partial charge in [0.15, 0.2) is 0 Å². The second kappa shape index (κ2) is 6.53. The van der Waals surface area contributed by atoms with Gasteiger partial charge >= 0.3 is 0 Å². The van der Waals surface area contributed by atoms with Crippen molar-refractivity contribution in [1.82, 2.24) is 0 Å². The van der Waals surface area contributed by atoms with Gasteiger partial charge in [-0.1, -0.05) is 6.42 Å². The number of carbonyl (C=O) groups excluding carboxylic acids is 1. The molecule has 2 unspecified atom stereocenters. The summed E-state index contributed by atoms with van der Waals surface area (Å²) in [6.07, 6.45) is 3.26. The van der Waals surface area contributed by atoms with E-state index in [9.17, 15) is 14.9 Å². The predicted octanol–water partition coefficient (Wildman–Crippen LogP) is 1.45. The van der Waals surface area contributed by atoms with E-state index in [0.717, 1.165) is 25.3 Å². The number of benzene rings is 1. The van der Waals surface area contributed by atoms with Crippen molar-refractivity contribution < 1.29 is 14.5 Å². The summed E-state index contributed by atoms with van der Waals surface area (Å²) >= 11 is 0. The molecule has 1 aliphatic rings. The minimum Gasteiger partial charge on any atom is -0.492 e. The summed E-state index contributed by atoms with van der Waals surface area (Å²) in [5, 5.41) is 10.7. The number of carbonyl (C=O) groups is 1. The Labute approximate surface area is 122 Å². The zero-order valence-corrected chi connectivity index (χ0v) is 11.7. The van der Waals surface area contributed by atoms with E-state index in [1.807, 2.05) is 0 Å². The van der Waals surface area contributed by atoms with Crippen LogP contribution in [0.3, 0.4) is 0 Å². The summed E-state index contributed by atoms with van der Waals surface area (Å²) in [5.41, 5.74) is 10.8. The number of hydrogen-bond donors (Lipinski definition) is 2. The third-order valence-corrected chi connectivity index (χ3v) is 4.01. The van der Waals surface area contributed by atoms with Crippen molar-refractivity contribution in [2.75, 3.05) is 13.2 Å². The Kier molecular flexibility index (Phi) is 4.74. The number of hydrogen-bond acceptors (Lipinski definition) is 5. The van der Waals surface area contributed by atoms with Gasteiger partial charge in [0.05, 0.1) is 17.1 Å². The largest absolute Gasteiger partial charge is 0.492 e. The molecule has 1 amide bonds. The van der Waals surface area contributed by atoms with Crippen molar-refractivity contribution in [2.45, 2.75) is 19.3 Å². The lowest BCUT2D eigenvalue weighted by atomic mass is 9.97. The summed E-state index contributed by atoms with van der Waals surface area (Å²) in [6, 6.07) is 3.87. The summed E-state index contributed by atoms with van der Waals surface area (Å²) < 4.78 is 5.67. The molecule has 2 atom stereocenters. The predicted molar refractivity (Wildman–Crippen MR) is 77.0 cm³/mol. The van der Waals surface area contributed by atoms with Gasteiger partial charge in [-0.05, 0) is 37.3 Å². The van der Waals surface area contributed by atoms with Crippen molar-refractivity contribution in [2.24, 2.45) is 23.3 Å². The Morgan fingerprint density at radius 2 is 2.10 bits per heavy atom. The number of amides is 1. The first-order valence-corrected chi connectivity index (χ1v) is 6.94. The molecular weight excluding hydrogens is 274 g/mol. The number of nitro groups is 1. The fourth-order valence-corrected chi connectivity index (χ4v) is 2.79. The molecule has 0 saturated heterocycles. The fourth-order valence-electron chi connectivity index (χ4n) is 2.79. The van der Waals surface area contributed by atoms with Gasteiger partial charge in [0.25, 0.3) is 11.6 Å². The van der Waals surface area contributed by atoms with E-state index in [0.29, 0.717) is 25.0 Å². The van der Waals surface area contributed by atoms with Gasteiger partial charge < -0.3 is 16.2 Å². The van der Waals surface area contributed by atoms with Gasteiger partial charge in [0.2, 0.25) is 0 Å².